The van der Waals surface area contributed by atoms with Crippen molar-refractivity contribution < 1.29 is 4.74 Å². The largest absolute Gasteiger partial charge is 0.377 e. The normalized spacial score (nSPS) is 17.8. The zero-order chi connectivity index (χ0) is 14.5. The molecule has 0 unspecified atom stereocenters. The summed E-state index contributed by atoms with van der Waals surface area (Å²) in [6, 6.07) is 0. The first-order valence-electron chi connectivity index (χ1n) is 7.25. The summed E-state index contributed by atoms with van der Waals surface area (Å²) in [6.07, 6.45) is 3.52. The average Bonchev–Trinajstić information content (AvgIpc) is 2.74. The molecule has 6 heteroatoms. The second-order valence-electron chi connectivity index (χ2n) is 5.22. The lowest BCUT2D eigenvalue weighted by molar-refractivity contribution is 0.0129. The van der Waals surface area contributed by atoms with E-state index in [1.165, 1.54) is 10.2 Å². The molecule has 0 atom stereocenters. The Morgan fingerprint density at radius 3 is 2.65 bits per heavy atom. The fraction of sp³-hybridized carbons (Fsp3) is 0.786. The molecule has 0 spiro atoms. The van der Waals surface area contributed by atoms with Crippen LogP contribution in [-0.2, 0) is 24.8 Å². The summed E-state index contributed by atoms with van der Waals surface area (Å²) in [4.78, 5) is 2.47. The van der Waals surface area contributed by atoms with Gasteiger partial charge in [-0.05, 0) is 35.2 Å². The monoisotopic (exact) mass is 363 g/mol. The molecule has 0 N–H and O–H groups in total. The number of aromatic nitrogens is 2. The number of ether oxygens (including phenoxy) is 1. The minimum absolute atomic E-state index is 0.381. The Morgan fingerprint density at radius 1 is 1.40 bits per heavy atom. The Hall–Kier alpha value is -0.100. The van der Waals surface area contributed by atoms with Gasteiger partial charge in [-0.2, -0.15) is 5.10 Å². The van der Waals surface area contributed by atoms with Gasteiger partial charge >= 0.3 is 0 Å². The molecule has 1 fully saturated rings. The van der Waals surface area contributed by atoms with E-state index in [-0.39, 0.29) is 0 Å². The lowest BCUT2D eigenvalue weighted by Gasteiger charge is -2.31. The topological polar surface area (TPSA) is 30.3 Å². The summed E-state index contributed by atoms with van der Waals surface area (Å²) in [7, 11) is 2.02. The molecule has 1 saturated heterocycles. The Morgan fingerprint density at radius 2 is 2.10 bits per heavy atom. The van der Waals surface area contributed by atoms with E-state index in [4.69, 9.17) is 16.3 Å². The summed E-state index contributed by atoms with van der Waals surface area (Å²) in [6.45, 7) is 5.90. The zero-order valence-electron chi connectivity index (χ0n) is 12.2. The maximum absolute atomic E-state index is 5.71. The molecule has 114 valence electrons. The van der Waals surface area contributed by atoms with Crippen LogP contribution in [-0.4, -0.2) is 46.4 Å². The SMILES string of the molecule is CCc1nn(C)c(CN2CCC(OCCCl)CC2)c1Br. The van der Waals surface area contributed by atoms with Crippen molar-refractivity contribution in [3.8, 4) is 0 Å². The molecule has 2 rings (SSSR count). The third-order valence-corrected chi connectivity index (χ3v) is 4.91. The van der Waals surface area contributed by atoms with Gasteiger partial charge in [-0.3, -0.25) is 9.58 Å². The number of alkyl halides is 1. The van der Waals surface area contributed by atoms with Gasteiger partial charge in [0.25, 0.3) is 0 Å². The standard InChI is InChI=1S/C14H23BrClN3O/c1-3-12-14(15)13(18(2)17-12)10-19-7-4-11(5-8-19)20-9-6-16/h11H,3-10H2,1-2H3. The Kier molecular flexibility index (Phi) is 6.33. The van der Waals surface area contributed by atoms with Gasteiger partial charge < -0.3 is 4.74 Å². The van der Waals surface area contributed by atoms with Crippen molar-refractivity contribution in [1.82, 2.24) is 14.7 Å². The van der Waals surface area contributed by atoms with E-state index in [0.29, 0.717) is 18.6 Å². The molecule has 2 heterocycles. The van der Waals surface area contributed by atoms with Gasteiger partial charge in [0.2, 0.25) is 0 Å². The maximum Gasteiger partial charge on any atom is 0.0767 e. The summed E-state index contributed by atoms with van der Waals surface area (Å²) in [5.41, 5.74) is 2.41. The number of nitrogens with zero attached hydrogens (tertiary/aromatic N) is 3. The summed E-state index contributed by atoms with van der Waals surface area (Å²) < 4.78 is 8.88. The third kappa shape index (κ3) is 3.97. The highest BCUT2D eigenvalue weighted by Gasteiger charge is 2.22. The highest BCUT2D eigenvalue weighted by Crippen LogP contribution is 2.24. The molecule has 4 nitrogen and oxygen atoms in total. The number of piperidine rings is 1. The number of likely N-dealkylation sites (tertiary alicyclic amines) is 1. The molecule has 0 radical (unpaired) electrons. The Balaban J connectivity index is 1.88. The lowest BCUT2D eigenvalue weighted by atomic mass is 10.1. The summed E-state index contributed by atoms with van der Waals surface area (Å²) >= 11 is 9.34. The van der Waals surface area contributed by atoms with Gasteiger partial charge in [0.05, 0.1) is 28.6 Å². The van der Waals surface area contributed by atoms with Crippen molar-refractivity contribution in [1.29, 1.82) is 0 Å². The van der Waals surface area contributed by atoms with Crippen molar-refractivity contribution in [3.63, 3.8) is 0 Å². The smallest absolute Gasteiger partial charge is 0.0767 e. The van der Waals surface area contributed by atoms with Crippen LogP contribution >= 0.6 is 27.5 Å². The molecule has 0 saturated carbocycles. The van der Waals surface area contributed by atoms with Crippen LogP contribution in [0.5, 0.6) is 0 Å². The van der Waals surface area contributed by atoms with Crippen molar-refractivity contribution in [2.24, 2.45) is 7.05 Å². The van der Waals surface area contributed by atoms with E-state index in [1.807, 2.05) is 11.7 Å². The van der Waals surface area contributed by atoms with Crippen LogP contribution in [0.2, 0.25) is 0 Å². The fourth-order valence-corrected chi connectivity index (χ4v) is 3.48. The van der Waals surface area contributed by atoms with Crippen LogP contribution in [0.3, 0.4) is 0 Å². The van der Waals surface area contributed by atoms with E-state index in [0.717, 1.165) is 44.6 Å². The predicted molar refractivity (Wildman–Crippen MR) is 85.3 cm³/mol. The third-order valence-electron chi connectivity index (χ3n) is 3.84. The molecule has 0 bridgehead atoms. The van der Waals surface area contributed by atoms with E-state index >= 15 is 0 Å². The number of hydrogen-bond acceptors (Lipinski definition) is 3. The maximum atomic E-state index is 5.71. The van der Waals surface area contributed by atoms with Gasteiger partial charge in [0, 0.05) is 32.6 Å². The number of halogens is 2. The molecule has 1 aromatic heterocycles. The molecule has 0 aromatic carbocycles. The highest BCUT2D eigenvalue weighted by atomic mass is 79.9. The van der Waals surface area contributed by atoms with Crippen LogP contribution in [0.1, 0.15) is 31.2 Å². The van der Waals surface area contributed by atoms with Gasteiger partial charge in [-0.15, -0.1) is 11.6 Å². The predicted octanol–water partition coefficient (Wildman–Crippen LogP) is 2.96. The minimum Gasteiger partial charge on any atom is -0.377 e. The second-order valence-corrected chi connectivity index (χ2v) is 6.39. The quantitative estimate of drug-likeness (QED) is 0.727. The highest BCUT2D eigenvalue weighted by molar-refractivity contribution is 9.10. The molecule has 0 aliphatic carbocycles. The van der Waals surface area contributed by atoms with Gasteiger partial charge in [-0.1, -0.05) is 6.92 Å². The van der Waals surface area contributed by atoms with E-state index < -0.39 is 0 Å². The van der Waals surface area contributed by atoms with E-state index in [2.05, 4.69) is 32.9 Å². The van der Waals surface area contributed by atoms with Crippen molar-refractivity contribution >= 4 is 27.5 Å². The van der Waals surface area contributed by atoms with Gasteiger partial charge in [-0.25, -0.2) is 0 Å². The fourth-order valence-electron chi connectivity index (χ4n) is 2.65. The molecule has 20 heavy (non-hydrogen) atoms. The van der Waals surface area contributed by atoms with E-state index in [9.17, 15) is 0 Å². The summed E-state index contributed by atoms with van der Waals surface area (Å²) in [5, 5.41) is 4.55. The molecule has 0 amide bonds. The molecule has 1 aliphatic rings. The minimum atomic E-state index is 0.381. The summed E-state index contributed by atoms with van der Waals surface area (Å²) in [5.74, 6) is 0.585. The van der Waals surface area contributed by atoms with E-state index in [1.54, 1.807) is 0 Å². The molecule has 1 aromatic rings. The first-order valence-corrected chi connectivity index (χ1v) is 8.58. The van der Waals surface area contributed by atoms with Crippen LogP contribution in [0.25, 0.3) is 0 Å². The van der Waals surface area contributed by atoms with Crippen LogP contribution < -0.4 is 0 Å². The average molecular weight is 365 g/mol. The Labute approximate surface area is 134 Å². The van der Waals surface area contributed by atoms with Crippen molar-refractivity contribution in [2.75, 3.05) is 25.6 Å². The molecular formula is C14H23BrClN3O. The van der Waals surface area contributed by atoms with Crippen molar-refractivity contribution in [3.05, 3.63) is 15.9 Å². The number of aryl methyl sites for hydroxylation is 2. The first-order chi connectivity index (χ1) is 9.65. The number of hydrogen-bond donors (Lipinski definition) is 0. The zero-order valence-corrected chi connectivity index (χ0v) is 14.6. The Bertz CT molecular complexity index is 430. The van der Waals surface area contributed by atoms with Crippen molar-refractivity contribution in [2.45, 2.75) is 38.8 Å². The number of rotatable bonds is 6. The molecular weight excluding hydrogens is 342 g/mol. The first kappa shape index (κ1) is 16.3. The molecule has 1 aliphatic heterocycles. The second kappa shape index (κ2) is 7.78. The van der Waals surface area contributed by atoms with Crippen LogP contribution in [0.4, 0.5) is 0 Å². The van der Waals surface area contributed by atoms with Gasteiger partial charge in [0.15, 0.2) is 0 Å². The lowest BCUT2D eigenvalue weighted by Crippen LogP contribution is -2.37. The van der Waals surface area contributed by atoms with Crippen LogP contribution in [0.15, 0.2) is 4.47 Å². The van der Waals surface area contributed by atoms with Gasteiger partial charge in [0.1, 0.15) is 0 Å². The van der Waals surface area contributed by atoms with Crippen LogP contribution in [0, 0.1) is 0 Å².